The van der Waals surface area contributed by atoms with Crippen LogP contribution in [0, 0.1) is 5.92 Å². The first-order valence-corrected chi connectivity index (χ1v) is 11.3. The van der Waals surface area contributed by atoms with E-state index in [1.165, 1.54) is 4.31 Å². The van der Waals surface area contributed by atoms with Gasteiger partial charge in [-0.25, -0.2) is 0 Å². The van der Waals surface area contributed by atoms with Crippen LogP contribution in [0.2, 0.25) is 0 Å². The highest BCUT2D eigenvalue weighted by Gasteiger charge is 2.50. The average Bonchev–Trinajstić information content (AvgIpc) is 2.87. The first-order chi connectivity index (χ1) is 14.3. The van der Waals surface area contributed by atoms with Crippen LogP contribution in [-0.4, -0.2) is 41.7 Å². The van der Waals surface area contributed by atoms with Gasteiger partial charge >= 0.3 is 16.2 Å². The molecule has 1 fully saturated rings. The molecule has 1 aliphatic heterocycles. The fourth-order valence-corrected chi connectivity index (χ4v) is 4.98. The fourth-order valence-electron chi connectivity index (χ4n) is 3.38. The molecule has 160 valence electrons. The molecule has 1 amide bonds. The van der Waals surface area contributed by atoms with Crippen LogP contribution in [0.5, 0.6) is 0 Å². The second-order valence-electron chi connectivity index (χ2n) is 7.68. The summed E-state index contributed by atoms with van der Waals surface area (Å²) in [5.74, 6) is -1.04. The first-order valence-electron chi connectivity index (χ1n) is 9.86. The number of carbonyl (C=O) groups is 2. The van der Waals surface area contributed by atoms with Gasteiger partial charge in [-0.3, -0.25) is 9.59 Å². The maximum absolute atomic E-state index is 13.1. The summed E-state index contributed by atoms with van der Waals surface area (Å²) in [7, 11) is -4.10. The molecule has 0 saturated carbocycles. The fraction of sp³-hybridized carbons (Fsp3) is 0.364. The zero-order valence-corrected chi connectivity index (χ0v) is 17.9. The van der Waals surface area contributed by atoms with Gasteiger partial charge in [0.1, 0.15) is 6.04 Å². The lowest BCUT2D eigenvalue weighted by atomic mass is 10.0. The first kappa shape index (κ1) is 22.0. The lowest BCUT2D eigenvalue weighted by molar-refractivity contribution is -0.148. The Labute approximate surface area is 177 Å². The summed E-state index contributed by atoms with van der Waals surface area (Å²) in [5.41, 5.74) is 1.53. The molecule has 2 aromatic carbocycles. The topological polar surface area (TPSA) is 84.0 Å². The maximum Gasteiger partial charge on any atom is 0.312 e. The van der Waals surface area contributed by atoms with Crippen LogP contribution in [0.15, 0.2) is 60.7 Å². The van der Waals surface area contributed by atoms with E-state index in [-0.39, 0.29) is 18.9 Å². The summed E-state index contributed by atoms with van der Waals surface area (Å²) in [4.78, 5) is 25.1. The van der Waals surface area contributed by atoms with E-state index in [9.17, 15) is 18.0 Å². The second-order valence-corrected chi connectivity index (χ2v) is 9.48. The van der Waals surface area contributed by atoms with Crippen molar-refractivity contribution in [3.05, 3.63) is 71.8 Å². The minimum Gasteiger partial charge on any atom is -0.443 e. The van der Waals surface area contributed by atoms with Crippen LogP contribution < -0.4 is 0 Å². The van der Waals surface area contributed by atoms with Crippen molar-refractivity contribution in [1.82, 2.24) is 8.61 Å². The molecular weight excluding hydrogens is 404 g/mol. The molecule has 0 unspecified atom stereocenters. The molecule has 1 atom stereocenters. The van der Waals surface area contributed by atoms with E-state index in [1.807, 2.05) is 50.2 Å². The number of benzene rings is 2. The summed E-state index contributed by atoms with van der Waals surface area (Å²) in [5, 5.41) is 0. The van der Waals surface area contributed by atoms with Crippen molar-refractivity contribution in [3.63, 3.8) is 0 Å². The van der Waals surface area contributed by atoms with Crippen LogP contribution in [0.25, 0.3) is 0 Å². The number of esters is 1. The minimum atomic E-state index is -4.10. The Bertz CT molecular complexity index is 977. The molecule has 0 spiro atoms. The summed E-state index contributed by atoms with van der Waals surface area (Å²) in [6.07, 6.45) is 0.394. The van der Waals surface area contributed by atoms with Gasteiger partial charge in [0.2, 0.25) is 0 Å². The Balaban J connectivity index is 1.75. The van der Waals surface area contributed by atoms with Crippen LogP contribution in [-0.2, 0) is 37.5 Å². The van der Waals surface area contributed by atoms with Gasteiger partial charge in [0.05, 0.1) is 6.42 Å². The van der Waals surface area contributed by atoms with Crippen LogP contribution in [0.1, 0.15) is 31.4 Å². The maximum atomic E-state index is 13.1. The molecule has 2 aromatic rings. The third-order valence-corrected chi connectivity index (χ3v) is 6.68. The molecule has 0 aromatic heterocycles. The molecule has 0 aliphatic carbocycles. The number of hydrogen-bond donors (Lipinski definition) is 0. The highest BCUT2D eigenvalue weighted by molar-refractivity contribution is 7.87. The van der Waals surface area contributed by atoms with E-state index in [0.29, 0.717) is 10.7 Å². The highest BCUT2D eigenvalue weighted by Crippen LogP contribution is 2.30. The lowest BCUT2D eigenvalue weighted by Gasteiger charge is -2.21. The lowest BCUT2D eigenvalue weighted by Crippen LogP contribution is -2.36. The standard InChI is InChI=1S/C22H26N2O5S/c1-17(2)13-20-22(26)24(16-29-21(25)14-18-9-5-3-6-10-18)30(27,28)23(20)15-19-11-7-4-8-12-19/h3-12,17,20H,13-16H2,1-2H3/t20-/m0/s1. The Kier molecular flexibility index (Phi) is 6.89. The number of carbonyl (C=O) groups excluding carboxylic acids is 2. The number of ether oxygens (including phenoxy) is 1. The number of rotatable bonds is 8. The van der Waals surface area contributed by atoms with E-state index in [4.69, 9.17) is 4.74 Å². The number of amides is 1. The molecule has 0 N–H and O–H groups in total. The normalized spacial score (nSPS) is 18.7. The van der Waals surface area contributed by atoms with Gasteiger partial charge < -0.3 is 4.74 Å². The Morgan fingerprint density at radius 3 is 2.13 bits per heavy atom. The smallest absolute Gasteiger partial charge is 0.312 e. The zero-order valence-electron chi connectivity index (χ0n) is 17.1. The molecule has 1 aliphatic rings. The van der Waals surface area contributed by atoms with E-state index in [2.05, 4.69) is 0 Å². The van der Waals surface area contributed by atoms with Crippen molar-refractivity contribution in [3.8, 4) is 0 Å². The molecule has 8 heteroatoms. The van der Waals surface area contributed by atoms with Crippen molar-refractivity contribution < 1.29 is 22.7 Å². The molecule has 0 bridgehead atoms. The third-order valence-electron chi connectivity index (χ3n) is 4.86. The van der Waals surface area contributed by atoms with E-state index in [1.54, 1.807) is 24.3 Å². The van der Waals surface area contributed by atoms with Crippen LogP contribution in [0.4, 0.5) is 0 Å². The molecule has 1 heterocycles. The van der Waals surface area contributed by atoms with Gasteiger partial charge in [-0.1, -0.05) is 74.5 Å². The average molecular weight is 431 g/mol. The van der Waals surface area contributed by atoms with Gasteiger partial charge in [0, 0.05) is 6.54 Å². The monoisotopic (exact) mass is 430 g/mol. The van der Waals surface area contributed by atoms with E-state index >= 15 is 0 Å². The van der Waals surface area contributed by atoms with Crippen molar-refractivity contribution >= 4 is 22.1 Å². The van der Waals surface area contributed by atoms with Crippen molar-refractivity contribution in [2.75, 3.05) is 6.73 Å². The van der Waals surface area contributed by atoms with Gasteiger partial charge in [0.15, 0.2) is 6.73 Å². The predicted octanol–water partition coefficient (Wildman–Crippen LogP) is 2.73. The molecule has 3 rings (SSSR count). The summed E-state index contributed by atoms with van der Waals surface area (Å²) < 4.78 is 33.2. The van der Waals surface area contributed by atoms with Gasteiger partial charge in [-0.15, -0.1) is 0 Å². The van der Waals surface area contributed by atoms with Crippen molar-refractivity contribution in [2.45, 2.75) is 39.3 Å². The predicted molar refractivity (Wildman–Crippen MR) is 112 cm³/mol. The Morgan fingerprint density at radius 2 is 1.57 bits per heavy atom. The highest BCUT2D eigenvalue weighted by atomic mass is 32.2. The molecular formula is C22H26N2O5S. The SMILES string of the molecule is CC(C)C[C@H]1C(=O)N(COC(=O)Cc2ccccc2)S(=O)(=O)N1Cc1ccccc1. The zero-order chi connectivity index (χ0) is 21.7. The summed E-state index contributed by atoms with van der Waals surface area (Å²) >= 11 is 0. The van der Waals surface area contributed by atoms with E-state index < -0.39 is 34.9 Å². The van der Waals surface area contributed by atoms with Crippen LogP contribution in [0.3, 0.4) is 0 Å². The summed E-state index contributed by atoms with van der Waals surface area (Å²) in [6.45, 7) is 3.33. The van der Waals surface area contributed by atoms with Crippen molar-refractivity contribution in [1.29, 1.82) is 0 Å². The summed E-state index contributed by atoms with van der Waals surface area (Å²) in [6, 6.07) is 17.3. The third kappa shape index (κ3) is 5.06. The second kappa shape index (κ2) is 9.40. The van der Waals surface area contributed by atoms with E-state index in [0.717, 1.165) is 11.1 Å². The van der Waals surface area contributed by atoms with Gasteiger partial charge in [-0.05, 0) is 23.5 Å². The Morgan fingerprint density at radius 1 is 1.00 bits per heavy atom. The molecule has 7 nitrogen and oxygen atoms in total. The molecule has 1 saturated heterocycles. The van der Waals surface area contributed by atoms with Gasteiger partial charge in [-0.2, -0.15) is 17.0 Å². The quantitative estimate of drug-likeness (QED) is 0.602. The Hall–Kier alpha value is -2.71. The minimum absolute atomic E-state index is 0.00602. The largest absolute Gasteiger partial charge is 0.443 e. The molecule has 0 radical (unpaired) electrons. The number of hydrogen-bond acceptors (Lipinski definition) is 5. The number of nitrogens with zero attached hydrogens (tertiary/aromatic N) is 2. The van der Waals surface area contributed by atoms with Gasteiger partial charge in [0.25, 0.3) is 5.91 Å². The van der Waals surface area contributed by atoms with Crippen molar-refractivity contribution in [2.24, 2.45) is 5.92 Å². The molecule has 30 heavy (non-hydrogen) atoms. The van der Waals surface area contributed by atoms with Crippen LogP contribution >= 0.6 is 0 Å².